The molecular formula is C48H41ClN6O6S. The topological polar surface area (TPSA) is 162 Å². The summed E-state index contributed by atoms with van der Waals surface area (Å²) >= 11 is 7.97. The Kier molecular flexibility index (Phi) is 11.8. The van der Waals surface area contributed by atoms with E-state index in [4.69, 9.17) is 30.9 Å². The first kappa shape index (κ1) is 40.6. The Morgan fingerprint density at radius 3 is 2.05 bits per heavy atom. The normalized spacial score (nSPS) is 13.0. The van der Waals surface area contributed by atoms with Crippen LogP contribution in [0.2, 0.25) is 5.02 Å². The van der Waals surface area contributed by atoms with Gasteiger partial charge in [0.05, 0.1) is 22.7 Å². The standard InChI is InChI=1S/C25H24ClN3O3.C23H17N3O3S/c26-21-15-29(13-12-23(30)31)22-11-10-19(14-20(21)22)24-27-25(32-28-24)18-8-6-17(7-9-18)16-4-2-1-3-5-16;27-21(28)9-11-26-10-8-16-12-17(6-7-19(16)26)22-24-23(29-25-22)20-13-18(14-30-20)15-4-2-1-3-5-15/h6-11,14-16H,1-5,12-13H2,(H,30,31);1-8,10,12-14H,9,11H2,(H,27,28). The van der Waals surface area contributed by atoms with E-state index >= 15 is 0 Å². The van der Waals surface area contributed by atoms with Gasteiger partial charge < -0.3 is 28.4 Å². The molecule has 12 nitrogen and oxygen atoms in total. The van der Waals surface area contributed by atoms with Crippen molar-refractivity contribution < 1.29 is 28.8 Å². The highest BCUT2D eigenvalue weighted by Gasteiger charge is 2.18. The number of hydrogen-bond acceptors (Lipinski definition) is 9. The van der Waals surface area contributed by atoms with Crippen LogP contribution in [0.4, 0.5) is 0 Å². The van der Waals surface area contributed by atoms with Crippen molar-refractivity contribution in [2.24, 2.45) is 0 Å². The Hall–Kier alpha value is -6.83. The summed E-state index contributed by atoms with van der Waals surface area (Å²) in [6.07, 6.45) is 10.3. The number of nitrogens with zero attached hydrogens (tertiary/aromatic N) is 6. The van der Waals surface area contributed by atoms with Gasteiger partial charge in [-0.15, -0.1) is 11.3 Å². The molecule has 1 aliphatic rings. The van der Waals surface area contributed by atoms with Gasteiger partial charge in [0.25, 0.3) is 11.8 Å². The maximum Gasteiger partial charge on any atom is 0.305 e. The molecule has 1 fully saturated rings. The highest BCUT2D eigenvalue weighted by Crippen LogP contribution is 2.36. The number of aromatic nitrogens is 6. The first-order valence-electron chi connectivity index (χ1n) is 20.5. The first-order chi connectivity index (χ1) is 30.3. The Morgan fingerprint density at radius 1 is 0.677 bits per heavy atom. The molecule has 0 bridgehead atoms. The fourth-order valence-corrected chi connectivity index (χ4v) is 9.11. The quantitative estimate of drug-likeness (QED) is 0.121. The smallest absolute Gasteiger partial charge is 0.305 e. The second kappa shape index (κ2) is 18.0. The van der Waals surface area contributed by atoms with E-state index in [1.54, 1.807) is 17.5 Å². The summed E-state index contributed by atoms with van der Waals surface area (Å²) in [4.78, 5) is 31.8. The Labute approximate surface area is 365 Å². The van der Waals surface area contributed by atoms with E-state index in [0.717, 1.165) is 54.5 Å². The van der Waals surface area contributed by atoms with E-state index in [1.165, 1.54) is 37.7 Å². The van der Waals surface area contributed by atoms with Crippen LogP contribution in [0.15, 0.2) is 130 Å². The van der Waals surface area contributed by atoms with E-state index in [2.05, 4.69) is 68.1 Å². The largest absolute Gasteiger partial charge is 0.481 e. The number of aliphatic carboxylic acids is 2. The molecular weight excluding hydrogens is 824 g/mol. The lowest BCUT2D eigenvalue weighted by atomic mass is 9.84. The number of thiophene rings is 1. The van der Waals surface area contributed by atoms with E-state index < -0.39 is 11.9 Å². The van der Waals surface area contributed by atoms with Crippen molar-refractivity contribution in [3.8, 4) is 56.1 Å². The number of carbonyl (C=O) groups is 2. The van der Waals surface area contributed by atoms with Crippen LogP contribution >= 0.6 is 22.9 Å². The highest BCUT2D eigenvalue weighted by molar-refractivity contribution is 7.13. The molecule has 312 valence electrons. The number of aryl methyl sites for hydroxylation is 2. The molecule has 5 heterocycles. The first-order valence-corrected chi connectivity index (χ1v) is 21.8. The molecule has 1 saturated carbocycles. The zero-order valence-corrected chi connectivity index (χ0v) is 35.1. The second-order valence-electron chi connectivity index (χ2n) is 15.3. The predicted octanol–water partition coefficient (Wildman–Crippen LogP) is 12.1. The van der Waals surface area contributed by atoms with Gasteiger partial charge in [-0.1, -0.05) is 83.6 Å². The van der Waals surface area contributed by atoms with Crippen molar-refractivity contribution >= 4 is 56.7 Å². The molecule has 5 aromatic heterocycles. The van der Waals surface area contributed by atoms with E-state index in [0.29, 0.717) is 47.5 Å². The summed E-state index contributed by atoms with van der Waals surface area (Å²) in [5.74, 6) is 1.02. The molecule has 9 aromatic rings. The van der Waals surface area contributed by atoms with Crippen LogP contribution in [0.1, 0.15) is 56.4 Å². The third kappa shape index (κ3) is 8.95. The minimum absolute atomic E-state index is 0.0373. The van der Waals surface area contributed by atoms with Crippen LogP contribution in [0.25, 0.3) is 77.9 Å². The van der Waals surface area contributed by atoms with Gasteiger partial charge in [0.15, 0.2) is 0 Å². The SMILES string of the molecule is O=C(O)CCn1cc(Cl)c2cc(-c3noc(-c4ccc(C5CCCCC5)cc4)n3)ccc21.O=C(O)CCn1ccc2cc(-c3noc(-c4cc(-c5ccccc5)cs4)n3)ccc21. The summed E-state index contributed by atoms with van der Waals surface area (Å²) < 4.78 is 14.8. The molecule has 0 atom stereocenters. The maximum absolute atomic E-state index is 10.9. The van der Waals surface area contributed by atoms with Gasteiger partial charge in [-0.25, -0.2) is 0 Å². The lowest BCUT2D eigenvalue weighted by molar-refractivity contribution is -0.138. The minimum Gasteiger partial charge on any atom is -0.481 e. The average Bonchev–Trinajstić information content (AvgIpc) is 4.17. The van der Waals surface area contributed by atoms with Crippen molar-refractivity contribution in [2.45, 2.75) is 64.0 Å². The van der Waals surface area contributed by atoms with Gasteiger partial charge in [-0.05, 0) is 101 Å². The number of hydrogen-bond donors (Lipinski definition) is 2. The molecule has 1 aliphatic carbocycles. The van der Waals surface area contributed by atoms with Crippen LogP contribution in [-0.2, 0) is 22.7 Å². The van der Waals surface area contributed by atoms with Gasteiger partial charge >= 0.3 is 11.9 Å². The van der Waals surface area contributed by atoms with Gasteiger partial charge in [0, 0.05) is 64.0 Å². The van der Waals surface area contributed by atoms with Crippen molar-refractivity contribution in [2.75, 3.05) is 0 Å². The van der Waals surface area contributed by atoms with Crippen LogP contribution in [0.3, 0.4) is 0 Å². The number of carboxylic acids is 2. The number of fused-ring (bicyclic) bond motifs is 2. The highest BCUT2D eigenvalue weighted by atomic mass is 35.5. The Morgan fingerprint density at radius 2 is 1.32 bits per heavy atom. The predicted molar refractivity (Wildman–Crippen MR) is 240 cm³/mol. The van der Waals surface area contributed by atoms with Gasteiger partial charge in [0.2, 0.25) is 11.6 Å². The second-order valence-corrected chi connectivity index (χ2v) is 16.7. The minimum atomic E-state index is -0.842. The fourth-order valence-electron chi connectivity index (χ4n) is 8.01. The van der Waals surface area contributed by atoms with Gasteiger partial charge in [0.1, 0.15) is 0 Å². The molecule has 0 aliphatic heterocycles. The van der Waals surface area contributed by atoms with Gasteiger partial charge in [-0.3, -0.25) is 9.59 Å². The molecule has 0 unspecified atom stereocenters. The zero-order chi connectivity index (χ0) is 42.6. The third-order valence-electron chi connectivity index (χ3n) is 11.3. The zero-order valence-electron chi connectivity index (χ0n) is 33.5. The fraction of sp³-hybridized carbons (Fsp3) is 0.208. The number of benzene rings is 4. The maximum atomic E-state index is 10.9. The molecule has 0 radical (unpaired) electrons. The summed E-state index contributed by atoms with van der Waals surface area (Å²) in [5, 5.41) is 30.7. The lowest BCUT2D eigenvalue weighted by Gasteiger charge is -2.21. The van der Waals surface area contributed by atoms with E-state index in [1.807, 2.05) is 76.0 Å². The number of halogens is 1. The van der Waals surface area contributed by atoms with Crippen LogP contribution in [-0.4, -0.2) is 51.6 Å². The molecule has 4 aromatic carbocycles. The number of carboxylic acid groups (broad SMARTS) is 2. The molecule has 10 rings (SSSR count). The van der Waals surface area contributed by atoms with Crippen molar-refractivity contribution in [1.82, 2.24) is 29.4 Å². The molecule has 0 saturated heterocycles. The van der Waals surface area contributed by atoms with Crippen molar-refractivity contribution in [1.29, 1.82) is 0 Å². The molecule has 14 heteroatoms. The van der Waals surface area contributed by atoms with E-state index in [9.17, 15) is 9.59 Å². The molecule has 0 amide bonds. The van der Waals surface area contributed by atoms with E-state index in [-0.39, 0.29) is 12.8 Å². The van der Waals surface area contributed by atoms with Crippen LogP contribution in [0, 0.1) is 0 Å². The third-order valence-corrected chi connectivity index (χ3v) is 12.5. The summed E-state index contributed by atoms with van der Waals surface area (Å²) in [5.41, 5.74) is 8.08. The molecule has 2 N–H and O–H groups in total. The Bertz CT molecular complexity index is 3000. The molecule has 0 spiro atoms. The van der Waals surface area contributed by atoms with Crippen LogP contribution in [0.5, 0.6) is 0 Å². The molecule has 62 heavy (non-hydrogen) atoms. The summed E-state index contributed by atoms with van der Waals surface area (Å²) in [6.45, 7) is 0.799. The lowest BCUT2D eigenvalue weighted by Crippen LogP contribution is -2.04. The van der Waals surface area contributed by atoms with Crippen molar-refractivity contribution in [3.05, 3.63) is 131 Å². The van der Waals surface area contributed by atoms with Gasteiger partial charge in [-0.2, -0.15) is 9.97 Å². The summed E-state index contributed by atoms with van der Waals surface area (Å²) in [7, 11) is 0. The number of rotatable bonds is 12. The average molecular weight is 865 g/mol. The Balaban J connectivity index is 0.000000158. The van der Waals surface area contributed by atoms with Crippen LogP contribution < -0.4 is 0 Å². The van der Waals surface area contributed by atoms with Crippen molar-refractivity contribution in [3.63, 3.8) is 0 Å². The summed E-state index contributed by atoms with van der Waals surface area (Å²) in [6, 6.07) is 34.3. The monoisotopic (exact) mass is 864 g/mol.